The molecule has 0 aliphatic heterocycles. The van der Waals surface area contributed by atoms with Crippen LogP contribution in [0.1, 0.15) is 43.0 Å². The van der Waals surface area contributed by atoms with Gasteiger partial charge < -0.3 is 4.74 Å². The third-order valence-corrected chi connectivity index (χ3v) is 11.1. The van der Waals surface area contributed by atoms with E-state index in [-0.39, 0.29) is 22.0 Å². The predicted octanol–water partition coefficient (Wildman–Crippen LogP) is 8.43. The maximum atomic E-state index is 12.9. The summed E-state index contributed by atoms with van der Waals surface area (Å²) >= 11 is 4.79. The van der Waals surface area contributed by atoms with Gasteiger partial charge >= 0.3 is 5.97 Å². The fraction of sp³-hybridized carbons (Fsp3) is 0.240. The highest BCUT2D eigenvalue weighted by Crippen LogP contribution is 2.49. The van der Waals surface area contributed by atoms with Crippen LogP contribution >= 0.6 is 55.7 Å². The Bertz CT molecular complexity index is 1290. The lowest BCUT2D eigenvalue weighted by Gasteiger charge is -2.24. The van der Waals surface area contributed by atoms with E-state index in [4.69, 9.17) is 4.74 Å². The Kier molecular flexibility index (Phi) is 5.56. The van der Waals surface area contributed by atoms with Crippen molar-refractivity contribution < 1.29 is 9.53 Å². The smallest absolute Gasteiger partial charge is 0.338 e. The fourth-order valence-electron chi connectivity index (χ4n) is 4.40. The number of carbonyl (C=O) groups is 1. The average molecular weight is 639 g/mol. The number of halogens is 2. The Morgan fingerprint density at radius 2 is 1.63 bits per heavy atom. The van der Waals surface area contributed by atoms with Crippen LogP contribution in [0.2, 0.25) is 0 Å². The van der Waals surface area contributed by atoms with Crippen LogP contribution in [0.4, 0.5) is 0 Å². The maximum Gasteiger partial charge on any atom is 0.338 e. The molecule has 0 spiro atoms. The third-order valence-electron chi connectivity index (χ3n) is 5.96. The second-order valence-corrected chi connectivity index (χ2v) is 12.4. The number of esters is 1. The van der Waals surface area contributed by atoms with Gasteiger partial charge in [0, 0.05) is 34.4 Å². The van der Waals surface area contributed by atoms with E-state index in [9.17, 15) is 4.79 Å². The molecule has 1 fully saturated rings. The summed E-state index contributed by atoms with van der Waals surface area (Å²) < 4.78 is 11.1. The van der Waals surface area contributed by atoms with Crippen LogP contribution in [0.5, 0.6) is 0 Å². The van der Waals surface area contributed by atoms with Gasteiger partial charge in [-0.3, -0.25) is 0 Å². The summed E-state index contributed by atoms with van der Waals surface area (Å²) in [4.78, 5) is 14.2. The number of ether oxygens (including phenoxy) is 1. The third kappa shape index (κ3) is 3.66. The first-order valence-electron chi connectivity index (χ1n) is 10.1. The topological polar surface area (TPSA) is 26.3 Å². The quantitative estimate of drug-likeness (QED) is 0.128. The standard InChI is InChI=1S/C25H21I2O2S/c1-25(12-4-5-13-25)29-24(28)16-8-11-23-19(14-16)18-6-2-3-7-22(18)30(23)17-9-10-20(26)21(27)15-17/h2-3,6-11,14-15H,4-5,12-13H2,1H3/q+1. The van der Waals surface area contributed by atoms with Gasteiger partial charge in [0.25, 0.3) is 0 Å². The molecule has 1 unspecified atom stereocenters. The Morgan fingerprint density at radius 1 is 0.900 bits per heavy atom. The van der Waals surface area contributed by atoms with Crippen LogP contribution in [-0.2, 0) is 4.74 Å². The number of fused-ring (bicyclic) bond motifs is 3. The summed E-state index contributed by atoms with van der Waals surface area (Å²) in [6.07, 6.45) is 4.20. The van der Waals surface area contributed by atoms with E-state index in [1.54, 1.807) is 0 Å². The van der Waals surface area contributed by atoms with Crippen molar-refractivity contribution in [2.45, 2.75) is 38.2 Å². The van der Waals surface area contributed by atoms with Gasteiger partial charge in [-0.1, -0.05) is 12.1 Å². The summed E-state index contributed by atoms with van der Waals surface area (Å²) in [7, 11) is -0.153. The summed E-state index contributed by atoms with van der Waals surface area (Å²) in [6, 6.07) is 21.4. The monoisotopic (exact) mass is 639 g/mol. The van der Waals surface area contributed by atoms with Crippen LogP contribution < -0.4 is 0 Å². The number of thiophene rings is 1. The van der Waals surface area contributed by atoms with Gasteiger partial charge in [0.05, 0.1) is 5.56 Å². The molecule has 0 N–H and O–H groups in total. The van der Waals surface area contributed by atoms with Crippen molar-refractivity contribution in [2.75, 3.05) is 0 Å². The van der Waals surface area contributed by atoms with E-state index in [1.165, 1.54) is 26.8 Å². The molecule has 1 atom stereocenters. The second kappa shape index (κ2) is 8.06. The van der Waals surface area contributed by atoms with Crippen molar-refractivity contribution in [3.63, 3.8) is 0 Å². The van der Waals surface area contributed by atoms with E-state index >= 15 is 0 Å². The first-order valence-corrected chi connectivity index (χ1v) is 13.5. The molecule has 4 aromatic rings. The summed E-state index contributed by atoms with van der Waals surface area (Å²) in [5, 5.41) is 2.39. The largest absolute Gasteiger partial charge is 0.456 e. The maximum absolute atomic E-state index is 12.9. The van der Waals surface area contributed by atoms with Gasteiger partial charge in [0.15, 0.2) is 14.3 Å². The molecule has 0 bridgehead atoms. The number of hydrogen-bond donors (Lipinski definition) is 0. The van der Waals surface area contributed by atoms with Gasteiger partial charge in [0.2, 0.25) is 0 Å². The minimum atomic E-state index is -0.309. The van der Waals surface area contributed by atoms with E-state index in [0.29, 0.717) is 5.56 Å². The zero-order valence-corrected chi connectivity index (χ0v) is 21.7. The number of benzene rings is 3. The van der Waals surface area contributed by atoms with E-state index < -0.39 is 0 Å². The zero-order chi connectivity index (χ0) is 20.9. The Hall–Kier alpha value is -1.19. The van der Waals surface area contributed by atoms with Crippen molar-refractivity contribution in [2.24, 2.45) is 0 Å². The molecule has 5 rings (SSSR count). The molecule has 3 aromatic carbocycles. The summed E-state index contributed by atoms with van der Waals surface area (Å²) in [5.74, 6) is -0.199. The highest BCUT2D eigenvalue weighted by molar-refractivity contribution is 14.1. The van der Waals surface area contributed by atoms with Crippen LogP contribution in [0, 0.1) is 7.14 Å². The highest BCUT2D eigenvalue weighted by Gasteiger charge is 2.33. The van der Waals surface area contributed by atoms with Crippen LogP contribution in [0.25, 0.3) is 25.1 Å². The van der Waals surface area contributed by atoms with E-state index in [0.717, 1.165) is 31.1 Å². The first-order chi connectivity index (χ1) is 14.5. The molecule has 1 heterocycles. The van der Waals surface area contributed by atoms with E-state index in [1.807, 2.05) is 12.1 Å². The van der Waals surface area contributed by atoms with Crippen LogP contribution in [0.3, 0.4) is 0 Å². The number of carbonyl (C=O) groups excluding carboxylic acids is 1. The van der Waals surface area contributed by atoms with Gasteiger partial charge in [-0.15, -0.1) is 0 Å². The van der Waals surface area contributed by atoms with E-state index in [2.05, 4.69) is 101 Å². The lowest BCUT2D eigenvalue weighted by molar-refractivity contribution is -0.00606. The lowest BCUT2D eigenvalue weighted by atomic mass is 10.1. The average Bonchev–Trinajstić information content (AvgIpc) is 3.31. The molecule has 1 aromatic heterocycles. The van der Waals surface area contributed by atoms with Gasteiger partial charge in [0.1, 0.15) is 5.60 Å². The highest BCUT2D eigenvalue weighted by atomic mass is 127. The van der Waals surface area contributed by atoms with Crippen molar-refractivity contribution in [1.82, 2.24) is 0 Å². The molecule has 1 aliphatic rings. The van der Waals surface area contributed by atoms with Gasteiger partial charge in [-0.2, -0.15) is 0 Å². The lowest BCUT2D eigenvalue weighted by Crippen LogP contribution is -2.28. The first kappa shape index (κ1) is 20.7. The molecule has 0 radical (unpaired) electrons. The second-order valence-electron chi connectivity index (χ2n) is 8.14. The summed E-state index contributed by atoms with van der Waals surface area (Å²) in [6.45, 7) is 2.07. The molecule has 5 heteroatoms. The molecule has 0 saturated heterocycles. The molecule has 1 saturated carbocycles. The minimum Gasteiger partial charge on any atom is -0.456 e. The van der Waals surface area contributed by atoms with Crippen molar-refractivity contribution >= 4 is 81.8 Å². The molecule has 1 aliphatic carbocycles. The molecule has 0 amide bonds. The number of rotatable bonds is 3. The minimum absolute atomic E-state index is 0.153. The Morgan fingerprint density at radius 3 is 2.40 bits per heavy atom. The Labute approximate surface area is 206 Å². The van der Waals surface area contributed by atoms with Crippen LogP contribution in [0.15, 0.2) is 60.7 Å². The molecule has 30 heavy (non-hydrogen) atoms. The van der Waals surface area contributed by atoms with Crippen molar-refractivity contribution in [3.05, 3.63) is 73.4 Å². The number of hydrogen-bond acceptors (Lipinski definition) is 2. The zero-order valence-electron chi connectivity index (χ0n) is 16.6. The fourth-order valence-corrected chi connectivity index (χ4v) is 7.85. The predicted molar refractivity (Wildman–Crippen MR) is 143 cm³/mol. The van der Waals surface area contributed by atoms with Crippen molar-refractivity contribution in [1.29, 1.82) is 0 Å². The van der Waals surface area contributed by atoms with Gasteiger partial charge in [-0.25, -0.2) is 4.79 Å². The summed E-state index contributed by atoms with van der Waals surface area (Å²) in [5.41, 5.74) is 0.343. The molecular formula is C25H21I2O2S+. The van der Waals surface area contributed by atoms with Gasteiger partial charge in [-0.05, 0) is 120 Å². The molecule has 152 valence electrons. The molecular weight excluding hydrogens is 618 g/mol. The van der Waals surface area contributed by atoms with Crippen LogP contribution in [-0.4, -0.2) is 11.6 Å². The molecule has 2 nitrogen and oxygen atoms in total. The SMILES string of the molecule is CC1(OC(=O)c2ccc3c(c2)c2ccccc2[s+]3-c2ccc(I)c(I)c2)CCCC1. The van der Waals surface area contributed by atoms with Crippen molar-refractivity contribution in [3.8, 4) is 4.90 Å². The Balaban J connectivity index is 1.65. The normalized spacial score (nSPS) is 16.3.